The highest BCUT2D eigenvalue weighted by atomic mass is 19.3. The van der Waals surface area contributed by atoms with Gasteiger partial charge in [0.25, 0.3) is 0 Å². The molecule has 30 heavy (non-hydrogen) atoms. The summed E-state index contributed by atoms with van der Waals surface area (Å²) in [6, 6.07) is 5.87. The van der Waals surface area contributed by atoms with Crippen molar-refractivity contribution >= 4 is 5.96 Å². The van der Waals surface area contributed by atoms with Gasteiger partial charge in [-0.15, -0.1) is 0 Å². The van der Waals surface area contributed by atoms with Crippen LogP contribution in [0, 0.1) is 13.8 Å². The van der Waals surface area contributed by atoms with Gasteiger partial charge in [-0.1, -0.05) is 12.1 Å². The number of nitrogens with one attached hydrogen (secondary N) is 2. The molecule has 9 heteroatoms. The van der Waals surface area contributed by atoms with Gasteiger partial charge in [0.2, 0.25) is 0 Å². The monoisotopic (exact) mass is 422 g/mol. The minimum Gasteiger partial charge on any atom is -0.496 e. The smallest absolute Gasteiger partial charge is 0.387 e. The van der Waals surface area contributed by atoms with E-state index >= 15 is 0 Å². The molecule has 1 aromatic heterocycles. The van der Waals surface area contributed by atoms with Gasteiger partial charge in [-0.2, -0.15) is 8.78 Å². The number of aliphatic hydroxyl groups excluding tert-OH is 1. The van der Waals surface area contributed by atoms with Gasteiger partial charge in [0, 0.05) is 30.4 Å². The first-order valence-electron chi connectivity index (χ1n) is 9.59. The van der Waals surface area contributed by atoms with Crippen LogP contribution in [0.4, 0.5) is 8.78 Å². The van der Waals surface area contributed by atoms with E-state index in [1.54, 1.807) is 25.4 Å². The zero-order valence-corrected chi connectivity index (χ0v) is 17.6. The third-order valence-electron chi connectivity index (χ3n) is 4.43. The van der Waals surface area contributed by atoms with E-state index in [0.717, 1.165) is 22.6 Å². The molecule has 164 valence electrons. The molecule has 1 atom stereocenters. The van der Waals surface area contributed by atoms with E-state index in [9.17, 15) is 13.9 Å². The number of halogens is 2. The zero-order valence-electron chi connectivity index (χ0n) is 17.6. The summed E-state index contributed by atoms with van der Waals surface area (Å²) in [4.78, 5) is 8.96. The van der Waals surface area contributed by atoms with Crippen molar-refractivity contribution in [2.75, 3.05) is 20.2 Å². The van der Waals surface area contributed by atoms with Crippen LogP contribution in [0.2, 0.25) is 0 Å². The Balaban J connectivity index is 2.01. The third kappa shape index (κ3) is 6.55. The fraction of sp³-hybridized carbons (Fsp3) is 0.429. The molecule has 0 bridgehead atoms. The van der Waals surface area contributed by atoms with Gasteiger partial charge < -0.3 is 25.2 Å². The van der Waals surface area contributed by atoms with E-state index in [-0.39, 0.29) is 12.3 Å². The summed E-state index contributed by atoms with van der Waals surface area (Å²) in [6.45, 7) is 4.10. The predicted octanol–water partition coefficient (Wildman–Crippen LogP) is 3.10. The molecule has 0 saturated carbocycles. The third-order valence-corrected chi connectivity index (χ3v) is 4.43. The van der Waals surface area contributed by atoms with Crippen molar-refractivity contribution in [1.29, 1.82) is 0 Å². The summed E-state index contributed by atoms with van der Waals surface area (Å²) in [6.07, 6.45) is 0.899. The number of aliphatic hydroxyl groups is 1. The Morgan fingerprint density at radius 3 is 2.50 bits per heavy atom. The van der Waals surface area contributed by atoms with E-state index in [0.29, 0.717) is 24.6 Å². The predicted molar refractivity (Wildman–Crippen MR) is 111 cm³/mol. The van der Waals surface area contributed by atoms with Gasteiger partial charge in [-0.25, -0.2) is 4.99 Å². The van der Waals surface area contributed by atoms with E-state index in [4.69, 9.17) is 4.74 Å². The zero-order chi connectivity index (χ0) is 22.1. The average molecular weight is 422 g/mol. The average Bonchev–Trinajstić information content (AvgIpc) is 2.71. The van der Waals surface area contributed by atoms with Gasteiger partial charge in [-0.05, 0) is 38.5 Å². The lowest BCUT2D eigenvalue weighted by atomic mass is 10.1. The molecule has 0 aliphatic rings. The molecule has 2 rings (SSSR count). The van der Waals surface area contributed by atoms with E-state index in [1.807, 2.05) is 20.8 Å². The van der Waals surface area contributed by atoms with Crippen molar-refractivity contribution in [3.63, 3.8) is 0 Å². The van der Waals surface area contributed by atoms with Gasteiger partial charge in [0.05, 0.1) is 25.5 Å². The number of guanidine groups is 1. The van der Waals surface area contributed by atoms with Crippen LogP contribution in [0.1, 0.15) is 35.4 Å². The molecule has 7 nitrogen and oxygen atoms in total. The number of ether oxygens (including phenoxy) is 2. The van der Waals surface area contributed by atoms with Gasteiger partial charge in [0.1, 0.15) is 11.5 Å². The fourth-order valence-electron chi connectivity index (χ4n) is 2.91. The second-order valence-corrected chi connectivity index (χ2v) is 6.59. The Bertz CT molecular complexity index is 845. The molecule has 0 aliphatic carbocycles. The van der Waals surface area contributed by atoms with Crippen molar-refractivity contribution < 1.29 is 23.4 Å². The summed E-state index contributed by atoms with van der Waals surface area (Å²) in [5, 5.41) is 16.6. The molecule has 0 radical (unpaired) electrons. The summed E-state index contributed by atoms with van der Waals surface area (Å²) in [7, 11) is 1.63. The Kier molecular flexibility index (Phi) is 8.79. The van der Waals surface area contributed by atoms with Crippen LogP contribution in [0.15, 0.2) is 35.5 Å². The lowest BCUT2D eigenvalue weighted by Crippen LogP contribution is -2.39. The van der Waals surface area contributed by atoms with Crippen molar-refractivity contribution in [2.45, 2.75) is 40.0 Å². The number of hydrogen-bond acceptors (Lipinski definition) is 5. The number of aryl methyl sites for hydroxylation is 1. The number of hydrogen-bond donors (Lipinski definition) is 3. The number of alkyl halides is 2. The number of methoxy groups -OCH3 is 1. The number of benzene rings is 1. The summed E-state index contributed by atoms with van der Waals surface area (Å²) in [5.74, 6) is 1.36. The van der Waals surface area contributed by atoms with Crippen LogP contribution in [-0.2, 0) is 6.54 Å². The molecule has 0 saturated heterocycles. The first-order chi connectivity index (χ1) is 14.3. The maximum Gasteiger partial charge on any atom is 0.387 e. The van der Waals surface area contributed by atoms with E-state index < -0.39 is 12.7 Å². The summed E-state index contributed by atoms with van der Waals surface area (Å²) in [5.41, 5.74) is 3.26. The summed E-state index contributed by atoms with van der Waals surface area (Å²) >= 11 is 0. The Morgan fingerprint density at radius 1 is 1.20 bits per heavy atom. The molecule has 0 amide bonds. The largest absolute Gasteiger partial charge is 0.496 e. The molecule has 2 aromatic rings. The van der Waals surface area contributed by atoms with Crippen LogP contribution in [0.3, 0.4) is 0 Å². The van der Waals surface area contributed by atoms with Crippen LogP contribution >= 0.6 is 0 Å². The van der Waals surface area contributed by atoms with Crippen molar-refractivity contribution in [1.82, 2.24) is 15.6 Å². The molecule has 1 heterocycles. The lowest BCUT2D eigenvalue weighted by molar-refractivity contribution is -0.0498. The first-order valence-corrected chi connectivity index (χ1v) is 9.59. The van der Waals surface area contributed by atoms with Gasteiger partial charge >= 0.3 is 6.61 Å². The maximum absolute atomic E-state index is 12.2. The molecular weight excluding hydrogens is 394 g/mol. The Morgan fingerprint density at radius 2 is 1.90 bits per heavy atom. The molecule has 1 unspecified atom stereocenters. The molecule has 0 aliphatic heterocycles. The number of pyridine rings is 1. The number of aromatic nitrogens is 1. The SMILES string of the molecule is CCNC(=NCc1ncc(C)c(OC)c1C)NCC(O)c1ccc(OC(F)F)cc1. The fourth-order valence-corrected chi connectivity index (χ4v) is 2.91. The van der Waals surface area contributed by atoms with Crippen LogP contribution in [0.25, 0.3) is 0 Å². The van der Waals surface area contributed by atoms with Crippen LogP contribution in [0.5, 0.6) is 11.5 Å². The minimum absolute atomic E-state index is 0.0419. The van der Waals surface area contributed by atoms with Crippen molar-refractivity contribution in [2.24, 2.45) is 4.99 Å². The second kappa shape index (κ2) is 11.3. The molecular formula is C21H28F2N4O3. The summed E-state index contributed by atoms with van der Waals surface area (Å²) < 4.78 is 34.2. The minimum atomic E-state index is -2.88. The molecule has 0 fully saturated rings. The maximum atomic E-state index is 12.2. The number of rotatable bonds is 9. The Labute approximate surface area is 175 Å². The Hall–Kier alpha value is -2.94. The molecule has 0 spiro atoms. The molecule has 3 N–H and O–H groups in total. The van der Waals surface area contributed by atoms with Crippen molar-refractivity contribution in [3.05, 3.63) is 52.8 Å². The quantitative estimate of drug-likeness (QED) is 0.425. The normalized spacial score (nSPS) is 12.6. The van der Waals surface area contributed by atoms with Crippen LogP contribution in [-0.4, -0.2) is 42.9 Å². The standard InChI is InChI=1S/C21H28F2N4O3/c1-5-24-21(26-11-17-14(3)19(29-4)13(2)10-25-17)27-12-18(28)15-6-8-16(9-7-15)30-20(22)23/h6-10,18,20,28H,5,11-12H2,1-4H3,(H2,24,26,27). The highest BCUT2D eigenvalue weighted by Crippen LogP contribution is 2.24. The highest BCUT2D eigenvalue weighted by molar-refractivity contribution is 5.79. The first kappa shape index (κ1) is 23.3. The van der Waals surface area contributed by atoms with Gasteiger partial charge in [0.15, 0.2) is 5.96 Å². The van der Waals surface area contributed by atoms with E-state index in [1.165, 1.54) is 12.1 Å². The van der Waals surface area contributed by atoms with Gasteiger partial charge in [-0.3, -0.25) is 4.98 Å². The molecule has 1 aromatic carbocycles. The van der Waals surface area contributed by atoms with E-state index in [2.05, 4.69) is 25.3 Å². The number of nitrogens with zero attached hydrogens (tertiary/aromatic N) is 2. The highest BCUT2D eigenvalue weighted by Gasteiger charge is 2.12. The van der Waals surface area contributed by atoms with Crippen molar-refractivity contribution in [3.8, 4) is 11.5 Å². The van der Waals surface area contributed by atoms with Crippen LogP contribution < -0.4 is 20.1 Å². The number of aliphatic imine (C=N–C) groups is 1. The lowest BCUT2D eigenvalue weighted by Gasteiger charge is -2.16. The second-order valence-electron chi connectivity index (χ2n) is 6.59. The topological polar surface area (TPSA) is 88.0 Å².